The highest BCUT2D eigenvalue weighted by Gasteiger charge is 2.09. The van der Waals surface area contributed by atoms with E-state index in [2.05, 4.69) is 68.8 Å². The maximum atomic E-state index is 3.56. The van der Waals surface area contributed by atoms with E-state index in [1.807, 2.05) is 0 Å². The Morgan fingerprint density at radius 3 is 2.25 bits per heavy atom. The molecular formula is C13H19Br2N. The van der Waals surface area contributed by atoms with Crippen LogP contribution in [0.25, 0.3) is 0 Å². The summed E-state index contributed by atoms with van der Waals surface area (Å²) in [5, 5.41) is 0.916. The number of alkyl halides is 1. The molecule has 0 unspecified atom stereocenters. The molecule has 16 heavy (non-hydrogen) atoms. The normalized spacial score (nSPS) is 10.5. The molecule has 0 bridgehead atoms. The quantitative estimate of drug-likeness (QED) is 0.656. The number of hydrogen-bond acceptors (Lipinski definition) is 1. The zero-order valence-corrected chi connectivity index (χ0v) is 13.1. The zero-order valence-electron chi connectivity index (χ0n) is 9.97. The van der Waals surface area contributed by atoms with Crippen molar-refractivity contribution in [1.29, 1.82) is 0 Å². The van der Waals surface area contributed by atoms with Crippen LogP contribution in [-0.2, 0) is 5.33 Å². The van der Waals surface area contributed by atoms with Gasteiger partial charge in [-0.25, -0.2) is 0 Å². The van der Waals surface area contributed by atoms with Gasteiger partial charge < -0.3 is 4.90 Å². The van der Waals surface area contributed by atoms with Gasteiger partial charge in [0.05, 0.1) is 0 Å². The Labute approximate surface area is 115 Å². The van der Waals surface area contributed by atoms with E-state index < -0.39 is 0 Å². The summed E-state index contributed by atoms with van der Waals surface area (Å²) in [4.78, 5) is 2.47. The lowest BCUT2D eigenvalue weighted by molar-refractivity contribution is 0.742. The fourth-order valence-electron chi connectivity index (χ4n) is 1.84. The monoisotopic (exact) mass is 347 g/mol. The first-order valence-electron chi connectivity index (χ1n) is 5.82. The van der Waals surface area contributed by atoms with Crippen LogP contribution in [0, 0.1) is 0 Å². The average Bonchev–Trinajstić information content (AvgIpc) is 2.29. The SMILES string of the molecule is CCCN(CCC)c1cc(Br)ccc1CBr. The van der Waals surface area contributed by atoms with Gasteiger partial charge in [-0.3, -0.25) is 0 Å². The number of nitrogens with zero attached hydrogens (tertiary/aromatic N) is 1. The fourth-order valence-corrected chi connectivity index (χ4v) is 2.66. The van der Waals surface area contributed by atoms with Crippen molar-refractivity contribution >= 4 is 37.5 Å². The fraction of sp³-hybridized carbons (Fsp3) is 0.538. The van der Waals surface area contributed by atoms with Crippen LogP contribution in [0.1, 0.15) is 32.3 Å². The Balaban J connectivity index is 3.00. The Bertz CT molecular complexity index is 320. The van der Waals surface area contributed by atoms with Gasteiger partial charge in [-0.2, -0.15) is 0 Å². The largest absolute Gasteiger partial charge is 0.371 e. The molecular weight excluding hydrogens is 330 g/mol. The summed E-state index contributed by atoms with van der Waals surface area (Å²) >= 11 is 7.12. The van der Waals surface area contributed by atoms with Gasteiger partial charge in [-0.05, 0) is 30.5 Å². The van der Waals surface area contributed by atoms with Crippen molar-refractivity contribution in [2.24, 2.45) is 0 Å². The Morgan fingerprint density at radius 2 is 1.75 bits per heavy atom. The lowest BCUT2D eigenvalue weighted by Gasteiger charge is -2.26. The molecule has 0 radical (unpaired) electrons. The second-order valence-electron chi connectivity index (χ2n) is 3.89. The molecule has 0 aliphatic carbocycles. The van der Waals surface area contributed by atoms with E-state index in [1.165, 1.54) is 24.1 Å². The van der Waals surface area contributed by atoms with Crippen molar-refractivity contribution in [1.82, 2.24) is 0 Å². The Kier molecular flexibility index (Phi) is 6.44. The van der Waals surface area contributed by atoms with Crippen molar-refractivity contribution in [3.63, 3.8) is 0 Å². The highest BCUT2D eigenvalue weighted by Crippen LogP contribution is 2.27. The topological polar surface area (TPSA) is 3.24 Å². The second kappa shape index (κ2) is 7.33. The van der Waals surface area contributed by atoms with Crippen LogP contribution < -0.4 is 4.90 Å². The number of anilines is 1. The van der Waals surface area contributed by atoms with Crippen molar-refractivity contribution in [3.05, 3.63) is 28.2 Å². The minimum absolute atomic E-state index is 0.916. The van der Waals surface area contributed by atoms with E-state index >= 15 is 0 Å². The zero-order chi connectivity index (χ0) is 12.0. The smallest absolute Gasteiger partial charge is 0.0418 e. The van der Waals surface area contributed by atoms with Crippen LogP contribution in [0.4, 0.5) is 5.69 Å². The van der Waals surface area contributed by atoms with Gasteiger partial charge in [0, 0.05) is 28.6 Å². The molecule has 1 aromatic rings. The van der Waals surface area contributed by atoms with Crippen molar-refractivity contribution in [2.45, 2.75) is 32.0 Å². The highest BCUT2D eigenvalue weighted by molar-refractivity contribution is 9.10. The molecule has 90 valence electrons. The van der Waals surface area contributed by atoms with E-state index in [-0.39, 0.29) is 0 Å². The first-order chi connectivity index (χ1) is 7.72. The van der Waals surface area contributed by atoms with Crippen LogP contribution in [0.15, 0.2) is 22.7 Å². The Hall–Kier alpha value is -0.0200. The second-order valence-corrected chi connectivity index (χ2v) is 5.37. The van der Waals surface area contributed by atoms with E-state index in [0.29, 0.717) is 0 Å². The first-order valence-corrected chi connectivity index (χ1v) is 7.73. The van der Waals surface area contributed by atoms with E-state index in [9.17, 15) is 0 Å². The number of benzene rings is 1. The van der Waals surface area contributed by atoms with E-state index in [4.69, 9.17) is 0 Å². The molecule has 3 heteroatoms. The maximum absolute atomic E-state index is 3.56. The Morgan fingerprint density at radius 1 is 1.12 bits per heavy atom. The van der Waals surface area contributed by atoms with Crippen LogP contribution in [0.2, 0.25) is 0 Å². The van der Waals surface area contributed by atoms with Crippen molar-refractivity contribution < 1.29 is 0 Å². The van der Waals surface area contributed by atoms with E-state index in [0.717, 1.165) is 22.9 Å². The first kappa shape index (κ1) is 14.0. The molecule has 0 aliphatic rings. The van der Waals surface area contributed by atoms with Gasteiger partial charge in [-0.15, -0.1) is 0 Å². The summed E-state index contributed by atoms with van der Waals surface area (Å²) in [5.74, 6) is 0. The molecule has 0 aromatic heterocycles. The van der Waals surface area contributed by atoms with Crippen LogP contribution in [-0.4, -0.2) is 13.1 Å². The van der Waals surface area contributed by atoms with Gasteiger partial charge in [-0.1, -0.05) is 51.8 Å². The summed E-state index contributed by atoms with van der Waals surface area (Å²) in [7, 11) is 0. The van der Waals surface area contributed by atoms with Gasteiger partial charge in [0.15, 0.2) is 0 Å². The van der Waals surface area contributed by atoms with Gasteiger partial charge in [0.1, 0.15) is 0 Å². The van der Waals surface area contributed by atoms with Crippen LogP contribution in [0.3, 0.4) is 0 Å². The van der Waals surface area contributed by atoms with Gasteiger partial charge in [0.25, 0.3) is 0 Å². The maximum Gasteiger partial charge on any atom is 0.0418 e. The summed E-state index contributed by atoms with van der Waals surface area (Å²) in [6, 6.07) is 6.52. The van der Waals surface area contributed by atoms with Crippen molar-refractivity contribution in [3.8, 4) is 0 Å². The third kappa shape index (κ3) is 3.77. The number of hydrogen-bond donors (Lipinski definition) is 0. The van der Waals surface area contributed by atoms with Crippen molar-refractivity contribution in [2.75, 3.05) is 18.0 Å². The summed E-state index contributed by atoms with van der Waals surface area (Å²) in [6.07, 6.45) is 2.38. The van der Waals surface area contributed by atoms with E-state index in [1.54, 1.807) is 0 Å². The molecule has 0 heterocycles. The highest BCUT2D eigenvalue weighted by atomic mass is 79.9. The third-order valence-corrected chi connectivity index (χ3v) is 3.62. The molecule has 0 amide bonds. The standard InChI is InChI=1S/C13H19Br2N/c1-3-7-16(8-4-2)13-9-12(15)6-5-11(13)10-14/h5-6,9H,3-4,7-8,10H2,1-2H3. The summed E-state index contributed by atoms with van der Waals surface area (Å²) in [6.45, 7) is 6.72. The molecule has 0 spiro atoms. The van der Waals surface area contributed by atoms with Crippen LogP contribution in [0.5, 0.6) is 0 Å². The molecule has 1 nitrogen and oxygen atoms in total. The average molecular weight is 349 g/mol. The lowest BCUT2D eigenvalue weighted by Crippen LogP contribution is -2.25. The minimum atomic E-state index is 0.916. The lowest BCUT2D eigenvalue weighted by atomic mass is 10.1. The molecule has 0 saturated heterocycles. The number of rotatable bonds is 6. The predicted molar refractivity (Wildman–Crippen MR) is 79.6 cm³/mol. The molecule has 0 saturated carbocycles. The third-order valence-electron chi connectivity index (χ3n) is 2.52. The molecule has 0 atom stereocenters. The predicted octanol–water partition coefficient (Wildman–Crippen LogP) is 4.97. The molecule has 0 aliphatic heterocycles. The van der Waals surface area contributed by atoms with Crippen LogP contribution >= 0.6 is 31.9 Å². The molecule has 1 rings (SSSR count). The molecule has 1 aromatic carbocycles. The number of halogens is 2. The van der Waals surface area contributed by atoms with Gasteiger partial charge in [0.2, 0.25) is 0 Å². The molecule has 0 N–H and O–H groups in total. The molecule has 0 fully saturated rings. The minimum Gasteiger partial charge on any atom is -0.371 e. The summed E-state index contributed by atoms with van der Waals surface area (Å²) in [5.41, 5.74) is 2.72. The van der Waals surface area contributed by atoms with Gasteiger partial charge >= 0.3 is 0 Å². The summed E-state index contributed by atoms with van der Waals surface area (Å²) < 4.78 is 1.16.